The van der Waals surface area contributed by atoms with Crippen molar-refractivity contribution in [1.82, 2.24) is 9.97 Å². The zero-order chi connectivity index (χ0) is 21.2. The fourth-order valence-electron chi connectivity index (χ4n) is 2.68. The summed E-state index contributed by atoms with van der Waals surface area (Å²) < 4.78 is 27.9. The molecule has 0 bridgehead atoms. The lowest BCUT2D eigenvalue weighted by atomic mass is 10.1. The van der Waals surface area contributed by atoms with Crippen LogP contribution in [0.2, 0.25) is 0 Å². The predicted octanol–water partition coefficient (Wildman–Crippen LogP) is 4.01. The maximum atomic E-state index is 12.6. The van der Waals surface area contributed by atoms with E-state index in [0.29, 0.717) is 11.6 Å². The van der Waals surface area contributed by atoms with Crippen molar-refractivity contribution in [3.63, 3.8) is 0 Å². The van der Waals surface area contributed by atoms with Gasteiger partial charge in [0.05, 0.1) is 4.90 Å². The topological polar surface area (TPSA) is 87.2 Å². The Morgan fingerprint density at radius 2 is 1.48 bits per heavy atom. The Balaban J connectivity index is 1.76. The number of hydrogen-bond donors (Lipinski definition) is 2. The summed E-state index contributed by atoms with van der Waals surface area (Å²) in [6.45, 7) is 5.75. The molecule has 29 heavy (non-hydrogen) atoms. The summed E-state index contributed by atoms with van der Waals surface area (Å²) in [5.74, 6) is 1.29. The van der Waals surface area contributed by atoms with E-state index in [2.05, 4.69) is 20.0 Å². The Morgan fingerprint density at radius 3 is 2.10 bits per heavy atom. The number of nitrogens with one attached hydrogen (secondary N) is 2. The highest BCUT2D eigenvalue weighted by molar-refractivity contribution is 7.92. The van der Waals surface area contributed by atoms with Gasteiger partial charge in [0, 0.05) is 37.2 Å². The highest BCUT2D eigenvalue weighted by Gasteiger charge is 2.15. The SMILES string of the molecule is Cc1cc(N(C)C)nc(Nc2ccc(NS(=O)(=O)c3ccc(C)c(C)c3)cc2)n1. The molecular weight excluding hydrogens is 386 g/mol. The van der Waals surface area contributed by atoms with Crippen LogP contribution in [0.1, 0.15) is 16.8 Å². The van der Waals surface area contributed by atoms with Gasteiger partial charge < -0.3 is 10.2 Å². The van der Waals surface area contributed by atoms with Crippen molar-refractivity contribution >= 4 is 33.2 Å². The fraction of sp³-hybridized carbons (Fsp3) is 0.238. The molecule has 0 aliphatic carbocycles. The van der Waals surface area contributed by atoms with Gasteiger partial charge in [0.2, 0.25) is 5.95 Å². The second-order valence-corrected chi connectivity index (χ2v) is 8.82. The number of hydrogen-bond acceptors (Lipinski definition) is 6. The molecule has 0 atom stereocenters. The first-order valence-corrected chi connectivity index (χ1v) is 10.6. The third kappa shape index (κ3) is 5.03. The molecule has 2 N–H and O–H groups in total. The number of aromatic nitrogens is 2. The summed E-state index contributed by atoms with van der Waals surface area (Å²) in [5, 5.41) is 3.15. The summed E-state index contributed by atoms with van der Waals surface area (Å²) in [4.78, 5) is 11.0. The van der Waals surface area contributed by atoms with Crippen molar-refractivity contribution in [2.45, 2.75) is 25.7 Å². The van der Waals surface area contributed by atoms with Gasteiger partial charge in [-0.3, -0.25) is 4.72 Å². The molecule has 1 aromatic heterocycles. The number of rotatable bonds is 6. The van der Waals surface area contributed by atoms with Crippen LogP contribution in [0.5, 0.6) is 0 Å². The summed E-state index contributed by atoms with van der Waals surface area (Å²) in [5.41, 5.74) is 4.07. The van der Waals surface area contributed by atoms with Gasteiger partial charge in [-0.05, 0) is 68.3 Å². The van der Waals surface area contributed by atoms with Crippen molar-refractivity contribution in [2.75, 3.05) is 29.0 Å². The fourth-order valence-corrected chi connectivity index (χ4v) is 3.83. The quantitative estimate of drug-likeness (QED) is 0.637. The molecule has 152 valence electrons. The van der Waals surface area contributed by atoms with Crippen molar-refractivity contribution in [3.05, 3.63) is 65.4 Å². The van der Waals surface area contributed by atoms with Crippen molar-refractivity contribution in [1.29, 1.82) is 0 Å². The number of nitrogens with zero attached hydrogens (tertiary/aromatic N) is 3. The van der Waals surface area contributed by atoms with E-state index < -0.39 is 10.0 Å². The minimum Gasteiger partial charge on any atom is -0.363 e. The molecule has 0 saturated heterocycles. The van der Waals surface area contributed by atoms with Gasteiger partial charge in [-0.15, -0.1) is 0 Å². The molecule has 0 saturated carbocycles. The molecule has 8 heteroatoms. The van der Waals surface area contributed by atoms with E-state index in [4.69, 9.17) is 0 Å². The van der Waals surface area contributed by atoms with E-state index in [-0.39, 0.29) is 4.90 Å². The molecule has 7 nitrogen and oxygen atoms in total. The molecule has 2 aromatic carbocycles. The standard InChI is InChI=1S/C21H25N5O2S/c1-14-6-11-19(12-15(14)2)29(27,28)25-18-9-7-17(8-10-18)23-21-22-16(3)13-20(24-21)26(4)5/h6-13,25H,1-5H3,(H,22,23,24). The lowest BCUT2D eigenvalue weighted by Crippen LogP contribution is -2.13. The Hall–Kier alpha value is -3.13. The second-order valence-electron chi connectivity index (χ2n) is 7.14. The Kier molecular flexibility index (Phi) is 5.74. The van der Waals surface area contributed by atoms with E-state index in [1.54, 1.807) is 42.5 Å². The summed E-state index contributed by atoms with van der Waals surface area (Å²) >= 11 is 0. The summed E-state index contributed by atoms with van der Waals surface area (Å²) in [6, 6.07) is 13.9. The third-order valence-corrected chi connectivity index (χ3v) is 5.86. The lowest BCUT2D eigenvalue weighted by molar-refractivity contribution is 0.601. The molecule has 0 amide bonds. The Morgan fingerprint density at radius 1 is 0.828 bits per heavy atom. The first-order valence-electron chi connectivity index (χ1n) is 9.14. The number of anilines is 4. The first kappa shape index (κ1) is 20.6. The van der Waals surface area contributed by atoms with Crippen LogP contribution in [-0.2, 0) is 10.0 Å². The zero-order valence-electron chi connectivity index (χ0n) is 17.2. The van der Waals surface area contributed by atoms with Crippen LogP contribution >= 0.6 is 0 Å². The number of aryl methyl sites for hydroxylation is 3. The molecule has 1 heterocycles. The van der Waals surface area contributed by atoms with Gasteiger partial charge in [-0.2, -0.15) is 4.98 Å². The molecule has 3 rings (SSSR count). The number of benzene rings is 2. The maximum absolute atomic E-state index is 12.6. The third-order valence-electron chi connectivity index (χ3n) is 4.48. The summed E-state index contributed by atoms with van der Waals surface area (Å²) in [7, 11) is 0.192. The molecule has 3 aromatic rings. The van der Waals surface area contributed by atoms with Crippen molar-refractivity contribution in [3.8, 4) is 0 Å². The largest absolute Gasteiger partial charge is 0.363 e. The monoisotopic (exact) mass is 411 g/mol. The van der Waals surface area contributed by atoms with Crippen molar-refractivity contribution < 1.29 is 8.42 Å². The molecule has 0 radical (unpaired) electrons. The molecule has 0 unspecified atom stereocenters. The first-order chi connectivity index (χ1) is 13.6. The average Bonchev–Trinajstić information content (AvgIpc) is 2.64. The Labute approximate surface area is 171 Å². The van der Waals surface area contributed by atoms with Gasteiger partial charge in [0.15, 0.2) is 0 Å². The van der Waals surface area contributed by atoms with E-state index in [1.165, 1.54) is 0 Å². The van der Waals surface area contributed by atoms with Crippen LogP contribution < -0.4 is 14.9 Å². The molecule has 0 spiro atoms. The second kappa shape index (κ2) is 8.08. The number of sulfonamides is 1. The van der Waals surface area contributed by atoms with E-state index in [0.717, 1.165) is 28.3 Å². The van der Waals surface area contributed by atoms with Crippen LogP contribution in [-0.4, -0.2) is 32.5 Å². The summed E-state index contributed by atoms with van der Waals surface area (Å²) in [6.07, 6.45) is 0. The smallest absolute Gasteiger partial charge is 0.261 e. The molecule has 0 fully saturated rings. The van der Waals surface area contributed by atoms with E-state index in [9.17, 15) is 8.42 Å². The van der Waals surface area contributed by atoms with Crippen molar-refractivity contribution in [2.24, 2.45) is 0 Å². The van der Waals surface area contributed by atoms with Gasteiger partial charge in [-0.1, -0.05) is 6.07 Å². The zero-order valence-corrected chi connectivity index (χ0v) is 18.0. The van der Waals surface area contributed by atoms with Gasteiger partial charge in [0.1, 0.15) is 5.82 Å². The van der Waals surface area contributed by atoms with Crippen LogP contribution in [0.3, 0.4) is 0 Å². The predicted molar refractivity (Wildman–Crippen MR) is 118 cm³/mol. The lowest BCUT2D eigenvalue weighted by Gasteiger charge is -2.14. The molecular formula is C21H25N5O2S. The van der Waals surface area contributed by atoms with Crippen LogP contribution in [0.15, 0.2) is 53.4 Å². The molecule has 0 aliphatic heterocycles. The van der Waals surface area contributed by atoms with Crippen LogP contribution in [0.25, 0.3) is 0 Å². The minimum atomic E-state index is -3.65. The highest BCUT2D eigenvalue weighted by atomic mass is 32.2. The van der Waals surface area contributed by atoms with E-state index in [1.807, 2.05) is 45.8 Å². The Bertz CT molecular complexity index is 1130. The van der Waals surface area contributed by atoms with Gasteiger partial charge >= 0.3 is 0 Å². The maximum Gasteiger partial charge on any atom is 0.261 e. The minimum absolute atomic E-state index is 0.243. The normalized spacial score (nSPS) is 11.2. The van der Waals surface area contributed by atoms with Crippen LogP contribution in [0.4, 0.5) is 23.1 Å². The van der Waals surface area contributed by atoms with Gasteiger partial charge in [-0.25, -0.2) is 13.4 Å². The van der Waals surface area contributed by atoms with Crippen LogP contribution in [0, 0.1) is 20.8 Å². The highest BCUT2D eigenvalue weighted by Crippen LogP contribution is 2.22. The van der Waals surface area contributed by atoms with E-state index >= 15 is 0 Å². The van der Waals surface area contributed by atoms with Gasteiger partial charge in [0.25, 0.3) is 10.0 Å². The average molecular weight is 412 g/mol. The molecule has 0 aliphatic rings.